The van der Waals surface area contributed by atoms with Crippen LogP contribution in [0.15, 0.2) is 30.5 Å². The first-order valence-electron chi connectivity index (χ1n) is 6.51. The molecule has 0 unspecified atom stereocenters. The molecule has 1 aromatic rings. The van der Waals surface area contributed by atoms with E-state index in [0.29, 0.717) is 5.56 Å². The Balaban J connectivity index is 2.02. The molecule has 0 radical (unpaired) electrons. The van der Waals surface area contributed by atoms with Gasteiger partial charge in [0.25, 0.3) is 0 Å². The Bertz CT molecular complexity index is 489. The second kappa shape index (κ2) is 5.89. The molecule has 0 aliphatic carbocycles. The predicted molar refractivity (Wildman–Crippen MR) is 75.4 cm³/mol. The number of aromatic hydroxyl groups is 1. The van der Waals surface area contributed by atoms with E-state index in [4.69, 9.17) is 0 Å². The fourth-order valence-corrected chi connectivity index (χ4v) is 2.08. The number of ketones is 1. The number of benzene rings is 1. The Morgan fingerprint density at radius 1 is 1.26 bits per heavy atom. The van der Waals surface area contributed by atoms with Gasteiger partial charge in [-0.1, -0.05) is 11.6 Å². The number of hydrogen-bond acceptors (Lipinski definition) is 4. The Hall–Kier alpha value is -1.81. The van der Waals surface area contributed by atoms with Crippen LogP contribution in [0, 0.1) is 6.92 Å². The molecule has 0 saturated carbocycles. The number of allylic oxidation sites excluding steroid dienone is 1. The maximum Gasteiger partial charge on any atom is 0.191 e. The zero-order valence-corrected chi connectivity index (χ0v) is 11.5. The summed E-state index contributed by atoms with van der Waals surface area (Å²) in [4.78, 5) is 16.4. The van der Waals surface area contributed by atoms with E-state index in [1.807, 2.05) is 13.1 Å². The minimum absolute atomic E-state index is 0.0404. The molecule has 102 valence electrons. The molecule has 0 atom stereocenters. The molecule has 4 nitrogen and oxygen atoms in total. The van der Waals surface area contributed by atoms with Crippen molar-refractivity contribution in [3.63, 3.8) is 0 Å². The van der Waals surface area contributed by atoms with Gasteiger partial charge in [-0.05, 0) is 26.1 Å². The molecule has 1 aromatic carbocycles. The van der Waals surface area contributed by atoms with Crippen LogP contribution in [0.3, 0.4) is 0 Å². The molecular formula is C15H20N2O2. The quantitative estimate of drug-likeness (QED) is 0.663. The van der Waals surface area contributed by atoms with Crippen molar-refractivity contribution >= 4 is 5.78 Å². The summed E-state index contributed by atoms with van der Waals surface area (Å²) in [6, 6.07) is 5.06. The van der Waals surface area contributed by atoms with Gasteiger partial charge in [-0.2, -0.15) is 0 Å². The molecule has 1 heterocycles. The smallest absolute Gasteiger partial charge is 0.191 e. The van der Waals surface area contributed by atoms with Crippen LogP contribution >= 0.6 is 0 Å². The lowest BCUT2D eigenvalue weighted by atomic mass is 10.1. The molecule has 0 spiro atoms. The van der Waals surface area contributed by atoms with Crippen LogP contribution in [0.2, 0.25) is 0 Å². The van der Waals surface area contributed by atoms with E-state index in [2.05, 4.69) is 16.8 Å². The third-order valence-corrected chi connectivity index (χ3v) is 3.39. The summed E-state index contributed by atoms with van der Waals surface area (Å²) in [5.41, 5.74) is 1.33. The van der Waals surface area contributed by atoms with Crippen molar-refractivity contribution in [2.24, 2.45) is 0 Å². The van der Waals surface area contributed by atoms with Crippen molar-refractivity contribution in [2.45, 2.75) is 6.92 Å². The fraction of sp³-hybridized carbons (Fsp3) is 0.400. The van der Waals surface area contributed by atoms with Crippen molar-refractivity contribution in [2.75, 3.05) is 33.2 Å². The summed E-state index contributed by atoms with van der Waals surface area (Å²) < 4.78 is 0. The Kier molecular flexibility index (Phi) is 4.22. The highest BCUT2D eigenvalue weighted by atomic mass is 16.3. The van der Waals surface area contributed by atoms with Gasteiger partial charge in [-0.3, -0.25) is 4.79 Å². The lowest BCUT2D eigenvalue weighted by molar-refractivity contribution is 0.104. The van der Waals surface area contributed by atoms with Crippen molar-refractivity contribution in [3.8, 4) is 5.75 Å². The van der Waals surface area contributed by atoms with Gasteiger partial charge < -0.3 is 14.9 Å². The molecule has 1 N–H and O–H groups in total. The van der Waals surface area contributed by atoms with Gasteiger partial charge in [0.2, 0.25) is 0 Å². The largest absolute Gasteiger partial charge is 0.507 e. The highest BCUT2D eigenvalue weighted by Gasteiger charge is 2.12. The van der Waals surface area contributed by atoms with E-state index >= 15 is 0 Å². The van der Waals surface area contributed by atoms with E-state index in [9.17, 15) is 9.90 Å². The van der Waals surface area contributed by atoms with Crippen LogP contribution in [0.25, 0.3) is 0 Å². The summed E-state index contributed by atoms with van der Waals surface area (Å²) in [5.74, 6) is -0.112. The predicted octanol–water partition coefficient (Wildman–Crippen LogP) is 1.64. The van der Waals surface area contributed by atoms with Gasteiger partial charge in [0.15, 0.2) is 5.78 Å². The fourth-order valence-electron chi connectivity index (χ4n) is 2.08. The average Bonchev–Trinajstić information content (AvgIpc) is 2.40. The normalized spacial score (nSPS) is 17.1. The third kappa shape index (κ3) is 3.58. The zero-order valence-electron chi connectivity index (χ0n) is 11.5. The lowest BCUT2D eigenvalue weighted by Crippen LogP contribution is -2.41. The average molecular weight is 260 g/mol. The van der Waals surface area contributed by atoms with Gasteiger partial charge >= 0.3 is 0 Å². The molecule has 1 saturated heterocycles. The Morgan fingerprint density at radius 2 is 1.95 bits per heavy atom. The van der Waals surface area contributed by atoms with Gasteiger partial charge in [-0.25, -0.2) is 0 Å². The number of likely N-dealkylation sites (N-methyl/N-ethyl adjacent to an activating group) is 1. The van der Waals surface area contributed by atoms with Crippen molar-refractivity contribution in [1.29, 1.82) is 0 Å². The summed E-state index contributed by atoms with van der Waals surface area (Å²) in [6.45, 7) is 5.78. The number of carbonyl (C=O) groups is 1. The monoisotopic (exact) mass is 260 g/mol. The van der Waals surface area contributed by atoms with Crippen molar-refractivity contribution in [1.82, 2.24) is 9.80 Å². The molecule has 0 amide bonds. The number of nitrogens with zero attached hydrogens (tertiary/aromatic N) is 2. The molecule has 2 rings (SSSR count). The van der Waals surface area contributed by atoms with Crippen LogP contribution in [-0.4, -0.2) is 53.9 Å². The molecule has 1 fully saturated rings. The second-order valence-electron chi connectivity index (χ2n) is 5.04. The first-order valence-corrected chi connectivity index (χ1v) is 6.51. The lowest BCUT2D eigenvalue weighted by Gasteiger charge is -2.31. The van der Waals surface area contributed by atoms with E-state index < -0.39 is 0 Å². The summed E-state index contributed by atoms with van der Waals surface area (Å²) in [6.07, 6.45) is 3.37. The first kappa shape index (κ1) is 13.6. The number of phenolic OH excluding ortho intramolecular Hbond substituents is 1. The molecule has 1 aliphatic rings. The van der Waals surface area contributed by atoms with Crippen LogP contribution in [0.5, 0.6) is 5.75 Å². The van der Waals surface area contributed by atoms with E-state index in [1.54, 1.807) is 24.3 Å². The van der Waals surface area contributed by atoms with Crippen molar-refractivity contribution < 1.29 is 9.90 Å². The topological polar surface area (TPSA) is 43.8 Å². The van der Waals surface area contributed by atoms with Crippen molar-refractivity contribution in [3.05, 3.63) is 41.6 Å². The number of carbonyl (C=O) groups excluding carboxylic acids is 1. The van der Waals surface area contributed by atoms with E-state index in [0.717, 1.165) is 31.7 Å². The number of phenols is 1. The molecule has 0 bridgehead atoms. The standard InChI is InChI=1S/C15H20N2O2/c1-12-3-4-14(18)13(11-12)15(19)5-6-17-9-7-16(2)8-10-17/h3-6,11,18H,7-10H2,1-2H3/b6-5+. The van der Waals surface area contributed by atoms with Crippen LogP contribution in [0.4, 0.5) is 0 Å². The molecular weight excluding hydrogens is 240 g/mol. The number of hydrogen-bond donors (Lipinski definition) is 1. The summed E-state index contributed by atoms with van der Waals surface area (Å²) in [5, 5.41) is 9.70. The highest BCUT2D eigenvalue weighted by Crippen LogP contribution is 2.19. The highest BCUT2D eigenvalue weighted by molar-refractivity contribution is 6.06. The van der Waals surface area contributed by atoms with Crippen LogP contribution < -0.4 is 0 Å². The van der Waals surface area contributed by atoms with Gasteiger partial charge in [0.1, 0.15) is 5.75 Å². The summed E-state index contributed by atoms with van der Waals surface area (Å²) >= 11 is 0. The second-order valence-corrected chi connectivity index (χ2v) is 5.04. The van der Waals surface area contributed by atoms with Crippen LogP contribution in [0.1, 0.15) is 15.9 Å². The van der Waals surface area contributed by atoms with Gasteiger partial charge in [0, 0.05) is 38.5 Å². The summed E-state index contributed by atoms with van der Waals surface area (Å²) in [7, 11) is 2.09. The maximum absolute atomic E-state index is 12.0. The number of aryl methyl sites for hydroxylation is 1. The minimum Gasteiger partial charge on any atom is -0.507 e. The maximum atomic E-state index is 12.0. The molecule has 19 heavy (non-hydrogen) atoms. The number of piperazine rings is 1. The molecule has 0 aromatic heterocycles. The van der Waals surface area contributed by atoms with Gasteiger partial charge in [-0.15, -0.1) is 0 Å². The Labute approximate surface area is 113 Å². The molecule has 1 aliphatic heterocycles. The number of rotatable bonds is 3. The SMILES string of the molecule is Cc1ccc(O)c(C(=O)/C=C/N2CCN(C)CC2)c1. The van der Waals surface area contributed by atoms with Crippen LogP contribution in [-0.2, 0) is 0 Å². The van der Waals surface area contributed by atoms with E-state index in [1.165, 1.54) is 0 Å². The minimum atomic E-state index is -0.153. The molecule has 4 heteroatoms. The van der Waals surface area contributed by atoms with Gasteiger partial charge in [0.05, 0.1) is 5.56 Å². The first-order chi connectivity index (χ1) is 9.06. The Morgan fingerprint density at radius 3 is 2.63 bits per heavy atom. The van der Waals surface area contributed by atoms with E-state index in [-0.39, 0.29) is 11.5 Å². The zero-order chi connectivity index (χ0) is 13.8. The third-order valence-electron chi connectivity index (χ3n) is 3.39.